The third-order valence-electron chi connectivity index (χ3n) is 1.95. The minimum atomic E-state index is 0. The fourth-order valence-electron chi connectivity index (χ4n) is 0.999. The Balaban J connectivity index is 0. The molecule has 19 heavy (non-hydrogen) atoms. The molecule has 5 heteroatoms. The quantitative estimate of drug-likeness (QED) is 0.595. The molecule has 0 aliphatic carbocycles. The molecule has 0 amide bonds. The average Bonchev–Trinajstić information content (AvgIpc) is 2.35. The summed E-state index contributed by atoms with van der Waals surface area (Å²) < 4.78 is 1.03. The maximum absolute atomic E-state index is 10.1. The molecule has 0 aliphatic heterocycles. The van der Waals surface area contributed by atoms with Crippen molar-refractivity contribution in [3.8, 4) is 0 Å². The van der Waals surface area contributed by atoms with E-state index >= 15 is 0 Å². The molecular weight excluding hydrogens is 303 g/mol. The molecule has 99 valence electrons. The van der Waals surface area contributed by atoms with E-state index in [9.17, 15) is 4.79 Å². The Labute approximate surface area is 125 Å². The molecular formula is C14H17BBrN2O. The number of aromatic nitrogens is 2. The number of rotatable bonds is 1. The number of pyridine rings is 2. The SMILES string of the molecule is C.Cc1ccc(Br)cn1.Cc1ccc(C=O)cn1.[B]. The first-order valence-corrected chi connectivity index (χ1v) is 5.87. The van der Waals surface area contributed by atoms with Gasteiger partial charge in [0.2, 0.25) is 0 Å². The first-order chi connectivity index (χ1) is 8.11. The monoisotopic (exact) mass is 319 g/mol. The predicted octanol–water partition coefficient (Wildman–Crippen LogP) is 3.61. The van der Waals surface area contributed by atoms with Crippen LogP contribution in [-0.4, -0.2) is 24.7 Å². The van der Waals surface area contributed by atoms with Crippen LogP contribution in [0.25, 0.3) is 0 Å². The molecule has 3 radical (unpaired) electrons. The Kier molecular flexibility index (Phi) is 10.9. The van der Waals surface area contributed by atoms with Gasteiger partial charge in [0.1, 0.15) is 0 Å². The van der Waals surface area contributed by atoms with E-state index < -0.39 is 0 Å². The van der Waals surface area contributed by atoms with Crippen LogP contribution in [0.4, 0.5) is 0 Å². The minimum absolute atomic E-state index is 0. The van der Waals surface area contributed by atoms with Crippen molar-refractivity contribution < 1.29 is 4.79 Å². The van der Waals surface area contributed by atoms with Gasteiger partial charge in [-0.3, -0.25) is 14.8 Å². The van der Waals surface area contributed by atoms with Crippen molar-refractivity contribution in [1.29, 1.82) is 0 Å². The zero-order valence-electron chi connectivity index (χ0n) is 10.3. The summed E-state index contributed by atoms with van der Waals surface area (Å²) in [7, 11) is 0. The fraction of sp³-hybridized carbons (Fsp3) is 0.214. The second-order valence-corrected chi connectivity index (χ2v) is 4.38. The molecule has 3 nitrogen and oxygen atoms in total. The van der Waals surface area contributed by atoms with Crippen molar-refractivity contribution >= 4 is 30.6 Å². The van der Waals surface area contributed by atoms with Crippen LogP contribution in [0.2, 0.25) is 0 Å². The lowest BCUT2D eigenvalue weighted by Crippen LogP contribution is -1.82. The summed E-state index contributed by atoms with van der Waals surface area (Å²) in [4.78, 5) is 18.0. The molecule has 0 atom stereocenters. The number of aldehydes is 1. The van der Waals surface area contributed by atoms with Gasteiger partial charge in [0.25, 0.3) is 0 Å². The molecule has 2 heterocycles. The van der Waals surface area contributed by atoms with E-state index in [1.54, 1.807) is 18.5 Å². The average molecular weight is 320 g/mol. The van der Waals surface area contributed by atoms with Gasteiger partial charge in [-0.15, -0.1) is 0 Å². The molecule has 0 fully saturated rings. The van der Waals surface area contributed by atoms with Crippen LogP contribution in [0.5, 0.6) is 0 Å². The van der Waals surface area contributed by atoms with Gasteiger partial charge in [-0.2, -0.15) is 0 Å². The van der Waals surface area contributed by atoms with Crippen molar-refractivity contribution in [3.05, 3.63) is 58.1 Å². The zero-order chi connectivity index (χ0) is 12.7. The second kappa shape index (κ2) is 10.4. The molecule has 0 N–H and O–H groups in total. The summed E-state index contributed by atoms with van der Waals surface area (Å²) in [5.74, 6) is 0. The van der Waals surface area contributed by atoms with Crippen LogP contribution in [0, 0.1) is 13.8 Å². The number of aryl methyl sites for hydroxylation is 2. The summed E-state index contributed by atoms with van der Waals surface area (Å²) in [5, 5.41) is 0. The van der Waals surface area contributed by atoms with Gasteiger partial charge in [0.15, 0.2) is 6.29 Å². The Morgan fingerprint density at radius 3 is 1.84 bits per heavy atom. The summed E-state index contributed by atoms with van der Waals surface area (Å²) in [6, 6.07) is 7.49. The highest BCUT2D eigenvalue weighted by Crippen LogP contribution is 2.05. The van der Waals surface area contributed by atoms with E-state index in [2.05, 4.69) is 25.9 Å². The van der Waals surface area contributed by atoms with Crippen LogP contribution in [0.15, 0.2) is 41.1 Å². The van der Waals surface area contributed by atoms with Crippen LogP contribution in [0.3, 0.4) is 0 Å². The van der Waals surface area contributed by atoms with Crippen molar-refractivity contribution in [2.24, 2.45) is 0 Å². The first-order valence-electron chi connectivity index (χ1n) is 5.08. The third kappa shape index (κ3) is 8.27. The molecule has 0 saturated heterocycles. The lowest BCUT2D eigenvalue weighted by molar-refractivity contribution is 0.112. The van der Waals surface area contributed by atoms with Crippen molar-refractivity contribution in [2.45, 2.75) is 21.3 Å². The van der Waals surface area contributed by atoms with Gasteiger partial charge >= 0.3 is 0 Å². The normalized spacial score (nSPS) is 8.16. The van der Waals surface area contributed by atoms with Crippen LogP contribution in [0.1, 0.15) is 29.2 Å². The van der Waals surface area contributed by atoms with Crippen molar-refractivity contribution in [3.63, 3.8) is 0 Å². The van der Waals surface area contributed by atoms with E-state index in [0.29, 0.717) is 5.56 Å². The van der Waals surface area contributed by atoms with Crippen LogP contribution in [-0.2, 0) is 0 Å². The lowest BCUT2D eigenvalue weighted by Gasteiger charge is -1.88. The first kappa shape index (κ1) is 19.8. The zero-order valence-corrected chi connectivity index (χ0v) is 11.9. The molecule has 0 bridgehead atoms. The number of carbonyl (C=O) groups excluding carboxylic acids is 1. The maximum atomic E-state index is 10.1. The van der Waals surface area contributed by atoms with Crippen molar-refractivity contribution in [2.75, 3.05) is 0 Å². The summed E-state index contributed by atoms with van der Waals surface area (Å²) in [6.07, 6.45) is 4.13. The minimum Gasteiger partial charge on any atom is -0.298 e. The van der Waals surface area contributed by atoms with Crippen LogP contribution < -0.4 is 0 Å². The number of halogens is 1. The predicted molar refractivity (Wildman–Crippen MR) is 83.5 cm³/mol. The highest BCUT2D eigenvalue weighted by molar-refractivity contribution is 9.10. The summed E-state index contributed by atoms with van der Waals surface area (Å²) in [5.41, 5.74) is 2.61. The standard InChI is InChI=1S/C7H7NO.C6H6BrN.CH4.B/c1-6-2-3-7(5-9)4-8-6;1-5-2-3-6(7)4-8-5;;/h2-5H,1H3;2-4H,1H3;1H4;. The highest BCUT2D eigenvalue weighted by atomic mass is 79.9. The number of hydrogen-bond acceptors (Lipinski definition) is 3. The van der Waals surface area contributed by atoms with Gasteiger partial charge in [-0.25, -0.2) is 0 Å². The summed E-state index contributed by atoms with van der Waals surface area (Å²) in [6.45, 7) is 3.85. The number of carbonyl (C=O) groups is 1. The third-order valence-corrected chi connectivity index (χ3v) is 2.41. The molecule has 0 aliphatic rings. The highest BCUT2D eigenvalue weighted by Gasteiger charge is 1.86. The Hall–Kier alpha value is -1.49. The summed E-state index contributed by atoms with van der Waals surface area (Å²) >= 11 is 3.28. The van der Waals surface area contributed by atoms with Gasteiger partial charge in [-0.05, 0) is 54.0 Å². The topological polar surface area (TPSA) is 42.9 Å². The smallest absolute Gasteiger partial charge is 0.151 e. The Bertz CT molecular complexity index is 451. The van der Waals surface area contributed by atoms with E-state index in [4.69, 9.17) is 0 Å². The molecule has 2 rings (SSSR count). The largest absolute Gasteiger partial charge is 0.298 e. The number of nitrogens with zero attached hydrogens (tertiary/aromatic N) is 2. The maximum Gasteiger partial charge on any atom is 0.151 e. The fourth-order valence-corrected chi connectivity index (χ4v) is 1.23. The van der Waals surface area contributed by atoms with E-state index in [1.807, 2.05) is 32.0 Å². The van der Waals surface area contributed by atoms with Gasteiger partial charge in [0, 0.05) is 42.2 Å². The molecule has 0 spiro atoms. The number of hydrogen-bond donors (Lipinski definition) is 0. The molecule has 0 saturated carbocycles. The molecule has 0 unspecified atom stereocenters. The van der Waals surface area contributed by atoms with Crippen molar-refractivity contribution in [1.82, 2.24) is 9.97 Å². The van der Waals surface area contributed by atoms with Gasteiger partial charge < -0.3 is 0 Å². The van der Waals surface area contributed by atoms with E-state index in [-0.39, 0.29) is 15.8 Å². The molecule has 2 aromatic heterocycles. The van der Waals surface area contributed by atoms with Gasteiger partial charge in [0.05, 0.1) is 0 Å². The van der Waals surface area contributed by atoms with E-state index in [0.717, 1.165) is 22.1 Å². The lowest BCUT2D eigenvalue weighted by atomic mass is 10.3. The van der Waals surface area contributed by atoms with Crippen LogP contribution >= 0.6 is 15.9 Å². The second-order valence-electron chi connectivity index (χ2n) is 3.47. The Morgan fingerprint density at radius 2 is 1.53 bits per heavy atom. The van der Waals surface area contributed by atoms with E-state index in [1.165, 1.54) is 0 Å². The molecule has 2 aromatic rings. The van der Waals surface area contributed by atoms with Gasteiger partial charge in [-0.1, -0.05) is 7.43 Å². The Morgan fingerprint density at radius 1 is 1.00 bits per heavy atom. The molecule has 0 aromatic carbocycles.